The molecular formula is C16H21NO2. The summed E-state index contributed by atoms with van der Waals surface area (Å²) in [6, 6.07) is 7.85. The molecule has 3 nitrogen and oxygen atoms in total. The molecule has 102 valence electrons. The molecule has 0 spiro atoms. The van der Waals surface area contributed by atoms with Crippen molar-refractivity contribution in [1.82, 2.24) is 4.90 Å². The Labute approximate surface area is 115 Å². The number of hydrogen-bond acceptors (Lipinski definition) is 2. The lowest BCUT2D eigenvalue weighted by Gasteiger charge is -2.16. The molecule has 19 heavy (non-hydrogen) atoms. The monoisotopic (exact) mass is 259 g/mol. The first-order valence-corrected chi connectivity index (χ1v) is 6.60. The van der Waals surface area contributed by atoms with Crippen LogP contribution in [0.5, 0.6) is 0 Å². The van der Waals surface area contributed by atoms with Crippen molar-refractivity contribution in [3.8, 4) is 11.8 Å². The highest BCUT2D eigenvalue weighted by Crippen LogP contribution is 2.07. The van der Waals surface area contributed by atoms with Crippen molar-refractivity contribution in [2.75, 3.05) is 13.7 Å². The lowest BCUT2D eigenvalue weighted by Crippen LogP contribution is -2.25. The van der Waals surface area contributed by atoms with Gasteiger partial charge in [-0.2, -0.15) is 0 Å². The highest BCUT2D eigenvalue weighted by molar-refractivity contribution is 5.75. The summed E-state index contributed by atoms with van der Waals surface area (Å²) < 4.78 is 0. The normalized spacial score (nSPS) is 9.63. The highest BCUT2D eigenvalue weighted by Gasteiger charge is 2.07. The molecule has 0 radical (unpaired) electrons. The van der Waals surface area contributed by atoms with Crippen LogP contribution in [0.15, 0.2) is 24.3 Å². The predicted octanol–water partition coefficient (Wildman–Crippen LogP) is 2.18. The molecule has 0 saturated carbocycles. The molecule has 1 rings (SSSR count). The molecule has 1 N–H and O–H groups in total. The van der Waals surface area contributed by atoms with Gasteiger partial charge in [0.2, 0.25) is 5.91 Å². The van der Waals surface area contributed by atoms with Gasteiger partial charge in [-0.15, -0.1) is 0 Å². The molecule has 3 heteroatoms. The van der Waals surface area contributed by atoms with E-state index in [4.69, 9.17) is 5.11 Å². The van der Waals surface area contributed by atoms with Crippen LogP contribution < -0.4 is 0 Å². The molecule has 0 fully saturated rings. The standard InChI is InChI=1S/C16H21NO2/c1-3-6-16(19)17(2)13-15-10-8-14(9-11-15)7-4-5-12-18/h8-11,18H,3,5-6,12-13H2,1-2H3. The Kier molecular flexibility index (Phi) is 6.70. The maximum Gasteiger partial charge on any atom is 0.222 e. The number of carbonyl (C=O) groups is 1. The first-order valence-electron chi connectivity index (χ1n) is 6.60. The number of aliphatic hydroxyl groups excluding tert-OH is 1. The van der Waals surface area contributed by atoms with Crippen LogP contribution in [0.25, 0.3) is 0 Å². The van der Waals surface area contributed by atoms with Crippen molar-refractivity contribution in [2.45, 2.75) is 32.7 Å². The van der Waals surface area contributed by atoms with Crippen LogP contribution in [0.2, 0.25) is 0 Å². The third kappa shape index (κ3) is 5.58. The van der Waals surface area contributed by atoms with Crippen molar-refractivity contribution >= 4 is 5.91 Å². The number of amides is 1. The fraction of sp³-hybridized carbons (Fsp3) is 0.438. The molecule has 1 amide bonds. The maximum atomic E-state index is 11.7. The number of benzene rings is 1. The van der Waals surface area contributed by atoms with E-state index in [-0.39, 0.29) is 12.5 Å². The van der Waals surface area contributed by atoms with Crippen molar-refractivity contribution in [3.05, 3.63) is 35.4 Å². The summed E-state index contributed by atoms with van der Waals surface area (Å²) in [5.41, 5.74) is 2.03. The van der Waals surface area contributed by atoms with E-state index in [9.17, 15) is 4.79 Å². The molecule has 0 bridgehead atoms. The number of nitrogens with zero attached hydrogens (tertiary/aromatic N) is 1. The summed E-state index contributed by atoms with van der Waals surface area (Å²) >= 11 is 0. The van der Waals surface area contributed by atoms with Gasteiger partial charge in [-0.05, 0) is 24.1 Å². The van der Waals surface area contributed by atoms with Crippen molar-refractivity contribution in [1.29, 1.82) is 0 Å². The van der Waals surface area contributed by atoms with E-state index in [2.05, 4.69) is 11.8 Å². The Bertz CT molecular complexity index is 454. The van der Waals surface area contributed by atoms with E-state index >= 15 is 0 Å². The van der Waals surface area contributed by atoms with Gasteiger partial charge in [0.15, 0.2) is 0 Å². The summed E-state index contributed by atoms with van der Waals surface area (Å²) in [6.07, 6.45) is 1.97. The zero-order valence-electron chi connectivity index (χ0n) is 11.6. The first-order chi connectivity index (χ1) is 9.17. The molecule has 0 saturated heterocycles. The van der Waals surface area contributed by atoms with E-state index in [1.165, 1.54) is 0 Å². The first kappa shape index (κ1) is 15.3. The van der Waals surface area contributed by atoms with Gasteiger partial charge in [0.25, 0.3) is 0 Å². The molecule has 0 aliphatic rings. The minimum absolute atomic E-state index is 0.0927. The molecular weight excluding hydrogens is 238 g/mol. The smallest absolute Gasteiger partial charge is 0.222 e. The summed E-state index contributed by atoms with van der Waals surface area (Å²) in [5, 5.41) is 8.64. The number of rotatable bonds is 5. The van der Waals surface area contributed by atoms with Gasteiger partial charge in [-0.1, -0.05) is 30.9 Å². The number of carbonyl (C=O) groups excluding carboxylic acids is 1. The molecule has 1 aromatic rings. The van der Waals surface area contributed by atoms with E-state index in [0.717, 1.165) is 17.5 Å². The third-order valence-corrected chi connectivity index (χ3v) is 2.73. The van der Waals surface area contributed by atoms with Gasteiger partial charge in [0.05, 0.1) is 6.61 Å². The molecule has 0 aliphatic heterocycles. The molecule has 0 atom stereocenters. The Morgan fingerprint density at radius 3 is 2.58 bits per heavy atom. The van der Waals surface area contributed by atoms with Crippen LogP contribution in [0.1, 0.15) is 37.3 Å². The summed E-state index contributed by atoms with van der Waals surface area (Å²) in [6.45, 7) is 2.73. The highest BCUT2D eigenvalue weighted by atomic mass is 16.2. The Morgan fingerprint density at radius 1 is 1.32 bits per heavy atom. The van der Waals surface area contributed by atoms with E-state index in [1.54, 1.807) is 4.90 Å². The zero-order chi connectivity index (χ0) is 14.1. The molecule has 0 heterocycles. The molecule has 0 aromatic heterocycles. The van der Waals surface area contributed by atoms with Gasteiger partial charge in [-0.25, -0.2) is 0 Å². The van der Waals surface area contributed by atoms with Gasteiger partial charge in [-0.3, -0.25) is 4.79 Å². The second-order valence-electron chi connectivity index (χ2n) is 4.47. The van der Waals surface area contributed by atoms with Crippen molar-refractivity contribution in [3.63, 3.8) is 0 Å². The predicted molar refractivity (Wildman–Crippen MR) is 76.4 cm³/mol. The second kappa shape index (κ2) is 8.34. The zero-order valence-corrected chi connectivity index (χ0v) is 11.6. The quantitative estimate of drug-likeness (QED) is 0.823. The van der Waals surface area contributed by atoms with Crippen LogP contribution in [0.4, 0.5) is 0 Å². The second-order valence-corrected chi connectivity index (χ2v) is 4.47. The van der Waals surface area contributed by atoms with Crippen LogP contribution >= 0.6 is 0 Å². The van der Waals surface area contributed by atoms with E-state index < -0.39 is 0 Å². The van der Waals surface area contributed by atoms with E-state index in [1.807, 2.05) is 38.2 Å². The summed E-state index contributed by atoms with van der Waals surface area (Å²) in [4.78, 5) is 13.4. The molecule has 0 aliphatic carbocycles. The SMILES string of the molecule is CCCC(=O)N(C)Cc1ccc(C#CCCO)cc1. The third-order valence-electron chi connectivity index (χ3n) is 2.73. The topological polar surface area (TPSA) is 40.5 Å². The van der Waals surface area contributed by atoms with Crippen molar-refractivity contribution in [2.24, 2.45) is 0 Å². The van der Waals surface area contributed by atoms with Crippen LogP contribution in [-0.2, 0) is 11.3 Å². The van der Waals surface area contributed by atoms with Crippen LogP contribution in [0, 0.1) is 11.8 Å². The summed E-state index contributed by atoms with van der Waals surface area (Å²) in [7, 11) is 1.83. The molecule has 1 aromatic carbocycles. The molecule has 0 unspecified atom stereocenters. The minimum atomic E-state index is 0.0927. The van der Waals surface area contributed by atoms with Gasteiger partial charge in [0.1, 0.15) is 0 Å². The fourth-order valence-corrected chi connectivity index (χ4v) is 1.68. The Balaban J connectivity index is 2.57. The van der Waals surface area contributed by atoms with Crippen molar-refractivity contribution < 1.29 is 9.90 Å². The van der Waals surface area contributed by atoms with Gasteiger partial charge < -0.3 is 10.0 Å². The fourth-order valence-electron chi connectivity index (χ4n) is 1.68. The average Bonchev–Trinajstić information content (AvgIpc) is 2.41. The lowest BCUT2D eigenvalue weighted by atomic mass is 10.1. The maximum absolute atomic E-state index is 11.7. The lowest BCUT2D eigenvalue weighted by molar-refractivity contribution is -0.130. The summed E-state index contributed by atoms with van der Waals surface area (Å²) in [5.74, 6) is 6.04. The average molecular weight is 259 g/mol. The van der Waals surface area contributed by atoms with E-state index in [0.29, 0.717) is 19.4 Å². The minimum Gasteiger partial charge on any atom is -0.395 e. The largest absolute Gasteiger partial charge is 0.395 e. The Hall–Kier alpha value is -1.79. The number of aliphatic hydroxyl groups is 1. The van der Waals surface area contributed by atoms with Gasteiger partial charge >= 0.3 is 0 Å². The van der Waals surface area contributed by atoms with Crippen LogP contribution in [0.3, 0.4) is 0 Å². The van der Waals surface area contributed by atoms with Gasteiger partial charge in [0, 0.05) is 32.0 Å². The Morgan fingerprint density at radius 2 is 2.00 bits per heavy atom. The number of hydrogen-bond donors (Lipinski definition) is 1. The van der Waals surface area contributed by atoms with Crippen LogP contribution in [-0.4, -0.2) is 29.6 Å².